The van der Waals surface area contributed by atoms with E-state index in [-0.39, 0.29) is 62.9 Å². The molecule has 0 spiro atoms. The molecule has 0 aliphatic heterocycles. The van der Waals surface area contributed by atoms with Crippen LogP contribution in [0.3, 0.4) is 0 Å². The van der Waals surface area contributed by atoms with Crippen molar-refractivity contribution in [1.82, 2.24) is 5.32 Å². The summed E-state index contributed by atoms with van der Waals surface area (Å²) < 4.78 is 0. The second-order valence-corrected chi connectivity index (χ2v) is 5.51. The van der Waals surface area contributed by atoms with Crippen LogP contribution in [-0.2, 0) is 55.3 Å². The minimum absolute atomic E-state index is 0. The first-order valence-corrected chi connectivity index (χ1v) is 7.59. The van der Waals surface area contributed by atoms with Gasteiger partial charge in [0.25, 0.3) is 0 Å². The van der Waals surface area contributed by atoms with Gasteiger partial charge in [0, 0.05) is 69.5 Å². The van der Waals surface area contributed by atoms with Crippen molar-refractivity contribution >= 4 is 11.7 Å². The molecule has 1 radical (unpaired) electrons. The van der Waals surface area contributed by atoms with E-state index in [4.69, 9.17) is 20.4 Å². The van der Waals surface area contributed by atoms with Crippen molar-refractivity contribution in [2.75, 3.05) is 0 Å². The first kappa shape index (κ1) is 25.4. The zero-order chi connectivity index (χ0) is 20.7. The molecular formula is C18H20NO8Y-. The normalized spacial score (nSPS) is 9.46. The minimum atomic E-state index is -0.612. The topological polar surface area (TPSA) is 168 Å². The molecule has 0 aliphatic carbocycles. The molecule has 0 aromatic heterocycles. The van der Waals surface area contributed by atoms with E-state index in [2.05, 4.69) is 12.2 Å². The Hall–Kier alpha value is -2.65. The second kappa shape index (κ2) is 11.3. The fourth-order valence-electron chi connectivity index (χ4n) is 1.94. The minimum Gasteiger partial charge on any atom is -0.504 e. The van der Waals surface area contributed by atoms with Gasteiger partial charge in [-0.15, -0.1) is 0 Å². The monoisotopic (exact) mass is 467 g/mol. The largest absolute Gasteiger partial charge is 0.504 e. The average molecular weight is 467 g/mol. The fourth-order valence-corrected chi connectivity index (χ4v) is 1.94. The quantitative estimate of drug-likeness (QED) is 0.260. The van der Waals surface area contributed by atoms with E-state index in [0.717, 1.165) is 0 Å². The van der Waals surface area contributed by atoms with Crippen LogP contribution in [0.2, 0.25) is 0 Å². The third-order valence-corrected chi connectivity index (χ3v) is 3.34. The summed E-state index contributed by atoms with van der Waals surface area (Å²) in [5.41, 5.74) is 0.589. The van der Waals surface area contributed by atoms with Crippen molar-refractivity contribution < 1.29 is 72.9 Å². The number of phenols is 6. The van der Waals surface area contributed by atoms with Gasteiger partial charge in [-0.3, -0.25) is 4.79 Å². The van der Waals surface area contributed by atoms with Crippen molar-refractivity contribution in [3.63, 3.8) is 0 Å². The molecule has 9 nitrogen and oxygen atoms in total. The molecule has 0 saturated carbocycles. The first-order valence-electron chi connectivity index (χ1n) is 7.59. The van der Waals surface area contributed by atoms with Gasteiger partial charge >= 0.3 is 0 Å². The maximum atomic E-state index is 10.6. The number of hydrogen-bond donors (Lipinski definition) is 7. The Balaban J connectivity index is 0.000000504. The van der Waals surface area contributed by atoms with Crippen LogP contribution in [0.5, 0.6) is 34.5 Å². The van der Waals surface area contributed by atoms with Gasteiger partial charge in [0.1, 0.15) is 0 Å². The van der Waals surface area contributed by atoms with Crippen LogP contribution in [0.1, 0.15) is 18.1 Å². The van der Waals surface area contributed by atoms with E-state index < -0.39 is 34.5 Å². The van der Waals surface area contributed by atoms with Crippen LogP contribution >= 0.6 is 0 Å². The number of phenolic OH excluding ortho intramolecular Hbond substituents is 6. The Kier molecular flexibility index (Phi) is 10.2. The molecule has 28 heavy (non-hydrogen) atoms. The van der Waals surface area contributed by atoms with Crippen molar-refractivity contribution in [2.45, 2.75) is 19.9 Å². The number of carbonyl (C=O) groups excluding carboxylic acids is 2. The summed E-state index contributed by atoms with van der Waals surface area (Å²) >= 11 is 0. The van der Waals surface area contributed by atoms with Gasteiger partial charge in [-0.1, -0.05) is 6.07 Å². The average Bonchev–Trinajstić information content (AvgIpc) is 2.60. The summed E-state index contributed by atoms with van der Waals surface area (Å²) in [4.78, 5) is 21.2. The molecule has 0 heterocycles. The number of carbonyl (C=O) groups is 2. The molecule has 0 aliphatic rings. The summed E-state index contributed by atoms with van der Waals surface area (Å²) in [6.07, 6.45) is -0.0698. The number of ketones is 1. The van der Waals surface area contributed by atoms with Gasteiger partial charge in [-0.25, -0.2) is 0 Å². The van der Waals surface area contributed by atoms with Gasteiger partial charge in [-0.2, -0.15) is 0 Å². The number of benzene rings is 2. The van der Waals surface area contributed by atoms with Crippen LogP contribution in [0.15, 0.2) is 24.3 Å². The summed E-state index contributed by atoms with van der Waals surface area (Å²) in [6, 6.07) is 5.22. The third kappa shape index (κ3) is 7.17. The van der Waals surface area contributed by atoms with E-state index in [1.807, 2.05) is 0 Å². The standard InChI is InChI=1S/C9H11NO4.C9H9O4.Y/c1-5(11)10-4-6-2-3-7(12)9(14)8(6)13;1-5(10)4-6-2-3-7(11)9(13)8(6)12;/h2-3,12-14H,4H2,1H3,(H,10,11);2-3,11-13H,1,4H2;/q;-1;. The summed E-state index contributed by atoms with van der Waals surface area (Å²) in [5, 5.41) is 57.2. The fraction of sp³-hybridized carbons (Fsp3) is 0.167. The van der Waals surface area contributed by atoms with Gasteiger partial charge in [0.05, 0.1) is 0 Å². The van der Waals surface area contributed by atoms with Gasteiger partial charge in [0.15, 0.2) is 23.0 Å². The summed E-state index contributed by atoms with van der Waals surface area (Å²) in [5.74, 6) is -3.51. The number of amides is 1. The van der Waals surface area contributed by atoms with Gasteiger partial charge in [-0.05, 0) is 18.2 Å². The number of hydrogen-bond acceptors (Lipinski definition) is 8. The number of rotatable bonds is 4. The van der Waals surface area contributed by atoms with Gasteiger partial charge in [0.2, 0.25) is 17.4 Å². The maximum Gasteiger partial charge on any atom is 0.217 e. The van der Waals surface area contributed by atoms with Crippen LogP contribution in [0, 0.1) is 6.92 Å². The van der Waals surface area contributed by atoms with Crippen LogP contribution in [0.25, 0.3) is 0 Å². The van der Waals surface area contributed by atoms with Crippen molar-refractivity contribution in [3.8, 4) is 34.5 Å². The Morgan fingerprint density at radius 3 is 1.68 bits per heavy atom. The smallest absolute Gasteiger partial charge is 0.217 e. The zero-order valence-corrected chi connectivity index (χ0v) is 17.8. The first-order chi connectivity index (χ1) is 12.5. The Morgan fingerprint density at radius 1 is 0.821 bits per heavy atom. The van der Waals surface area contributed by atoms with Crippen LogP contribution in [0.4, 0.5) is 0 Å². The number of aromatic hydroxyl groups is 6. The Morgan fingerprint density at radius 2 is 1.25 bits per heavy atom. The van der Waals surface area contributed by atoms with E-state index in [0.29, 0.717) is 5.56 Å². The second-order valence-electron chi connectivity index (χ2n) is 5.51. The predicted octanol–water partition coefficient (Wildman–Crippen LogP) is 1.19. The molecule has 2 aromatic rings. The SMILES string of the molecule is CC(=O)NCc1ccc(O)c(O)c1O.[CH2-]C(=O)Cc1ccc(O)c(O)c1O.[Y]. The van der Waals surface area contributed by atoms with Crippen molar-refractivity contribution in [1.29, 1.82) is 0 Å². The molecule has 0 saturated heterocycles. The summed E-state index contributed by atoms with van der Waals surface area (Å²) in [6.45, 7) is 4.58. The molecule has 0 bridgehead atoms. The predicted molar refractivity (Wildman–Crippen MR) is 94.5 cm³/mol. The van der Waals surface area contributed by atoms with E-state index in [9.17, 15) is 19.8 Å². The van der Waals surface area contributed by atoms with E-state index in [1.54, 1.807) is 0 Å². The Labute approximate surface area is 186 Å². The molecule has 149 valence electrons. The molecule has 0 atom stereocenters. The molecule has 2 aromatic carbocycles. The third-order valence-electron chi connectivity index (χ3n) is 3.34. The van der Waals surface area contributed by atoms with E-state index in [1.165, 1.54) is 31.2 Å². The molecule has 0 fully saturated rings. The molecule has 0 unspecified atom stereocenters. The molecule has 2 rings (SSSR count). The number of Topliss-reactive ketones (excluding diaryl/α,β-unsaturated/α-hetero) is 1. The Bertz CT molecular complexity index is 854. The number of nitrogens with one attached hydrogen (secondary N) is 1. The van der Waals surface area contributed by atoms with Crippen molar-refractivity contribution in [2.24, 2.45) is 0 Å². The molecule has 1 amide bonds. The maximum absolute atomic E-state index is 10.6. The van der Waals surface area contributed by atoms with E-state index >= 15 is 0 Å². The zero-order valence-electron chi connectivity index (χ0n) is 15.0. The molecule has 10 heteroatoms. The molecular weight excluding hydrogens is 447 g/mol. The van der Waals surface area contributed by atoms with Crippen LogP contribution < -0.4 is 5.32 Å². The van der Waals surface area contributed by atoms with Crippen LogP contribution in [-0.4, -0.2) is 42.3 Å². The summed E-state index contributed by atoms with van der Waals surface area (Å²) in [7, 11) is 0. The van der Waals surface area contributed by atoms with Gasteiger partial charge < -0.3 is 47.7 Å². The van der Waals surface area contributed by atoms with Crippen molar-refractivity contribution in [3.05, 3.63) is 42.3 Å². The molecule has 7 N–H and O–H groups in total.